The van der Waals surface area contributed by atoms with Crippen molar-refractivity contribution in [2.45, 2.75) is 19.4 Å². The van der Waals surface area contributed by atoms with Gasteiger partial charge in [0.25, 0.3) is 11.8 Å². The molecule has 1 N–H and O–H groups in total. The molecule has 2 heterocycles. The fourth-order valence-electron chi connectivity index (χ4n) is 3.81. The molecule has 31 heavy (non-hydrogen) atoms. The van der Waals surface area contributed by atoms with Crippen molar-refractivity contribution in [3.8, 4) is 11.5 Å². The number of benzene rings is 2. The Bertz CT molecular complexity index is 985. The van der Waals surface area contributed by atoms with Crippen LogP contribution in [0.25, 0.3) is 0 Å². The molecule has 0 unspecified atom stereocenters. The monoisotopic (exact) mass is 422 g/mol. The lowest BCUT2D eigenvalue weighted by molar-refractivity contribution is 0.0652. The van der Waals surface area contributed by atoms with E-state index in [1.54, 1.807) is 31.3 Å². The van der Waals surface area contributed by atoms with Crippen LogP contribution in [0.1, 0.15) is 39.1 Å². The quantitative estimate of drug-likeness (QED) is 0.320. The van der Waals surface area contributed by atoms with Gasteiger partial charge in [-0.2, -0.15) is 0 Å². The summed E-state index contributed by atoms with van der Waals surface area (Å²) < 4.78 is 10.8. The van der Waals surface area contributed by atoms with Crippen molar-refractivity contribution < 1.29 is 19.1 Å². The molecule has 0 atom stereocenters. The lowest BCUT2D eigenvalue weighted by atomic mass is 10.1. The van der Waals surface area contributed by atoms with Crippen LogP contribution in [-0.2, 0) is 6.54 Å². The molecule has 0 radical (unpaired) electrons. The van der Waals surface area contributed by atoms with Crippen LogP contribution in [0, 0.1) is 0 Å². The number of ether oxygens (including phenoxy) is 2. The highest BCUT2D eigenvalue weighted by Gasteiger charge is 2.34. The van der Waals surface area contributed by atoms with Crippen molar-refractivity contribution in [3.05, 3.63) is 59.2 Å². The van der Waals surface area contributed by atoms with Crippen molar-refractivity contribution in [1.29, 1.82) is 0 Å². The van der Waals surface area contributed by atoms with E-state index in [0.29, 0.717) is 30.8 Å². The van der Waals surface area contributed by atoms with E-state index in [1.165, 1.54) is 4.90 Å². The summed E-state index contributed by atoms with van der Waals surface area (Å²) in [6.07, 6.45) is 1.53. The minimum atomic E-state index is -0.201. The van der Waals surface area contributed by atoms with Crippen LogP contribution in [0.4, 0.5) is 0 Å². The Balaban J connectivity index is 1.22. The minimum Gasteiger partial charge on any atom is -0.454 e. The first kappa shape index (κ1) is 20.7. The molecule has 2 aromatic rings. The Morgan fingerprint density at radius 3 is 2.48 bits per heavy atom. The average Bonchev–Trinajstić information content (AvgIpc) is 3.34. The minimum absolute atomic E-state index is 0.201. The molecule has 8 heteroatoms. The number of amides is 2. The van der Waals surface area contributed by atoms with Gasteiger partial charge in [-0.15, -0.1) is 0 Å². The largest absolute Gasteiger partial charge is 0.454 e. The molecule has 2 amide bonds. The van der Waals surface area contributed by atoms with Crippen molar-refractivity contribution in [3.63, 3.8) is 0 Å². The summed E-state index contributed by atoms with van der Waals surface area (Å²) in [7, 11) is 3.72. The number of guanidine groups is 1. The predicted molar refractivity (Wildman–Crippen MR) is 116 cm³/mol. The van der Waals surface area contributed by atoms with E-state index in [-0.39, 0.29) is 18.6 Å². The zero-order valence-corrected chi connectivity index (χ0v) is 17.8. The van der Waals surface area contributed by atoms with E-state index in [0.717, 1.165) is 35.9 Å². The summed E-state index contributed by atoms with van der Waals surface area (Å²) in [5.74, 6) is 1.91. The average molecular weight is 422 g/mol. The van der Waals surface area contributed by atoms with E-state index in [4.69, 9.17) is 9.47 Å². The molecule has 0 aromatic heterocycles. The summed E-state index contributed by atoms with van der Waals surface area (Å²) in [5.41, 5.74) is 2.09. The zero-order chi connectivity index (χ0) is 21.8. The number of unbranched alkanes of at least 4 members (excludes halogenated alkanes) is 1. The Hall–Kier alpha value is -3.55. The lowest BCUT2D eigenvalue weighted by Gasteiger charge is -2.22. The molecule has 2 aromatic carbocycles. The van der Waals surface area contributed by atoms with Crippen molar-refractivity contribution in [2.75, 3.05) is 34.0 Å². The number of carbonyl (C=O) groups is 2. The van der Waals surface area contributed by atoms with Gasteiger partial charge in [-0.05, 0) is 42.7 Å². The van der Waals surface area contributed by atoms with Crippen LogP contribution in [0.5, 0.6) is 11.5 Å². The zero-order valence-electron chi connectivity index (χ0n) is 17.8. The molecule has 0 fully saturated rings. The smallest absolute Gasteiger partial charge is 0.261 e. The van der Waals surface area contributed by atoms with Crippen LogP contribution >= 0.6 is 0 Å². The molecule has 4 rings (SSSR count). The Kier molecular flexibility index (Phi) is 6.06. The number of hydrogen-bond donors (Lipinski definition) is 1. The first-order valence-corrected chi connectivity index (χ1v) is 10.3. The second-order valence-electron chi connectivity index (χ2n) is 7.53. The Labute approximate surface area is 181 Å². The summed E-state index contributed by atoms with van der Waals surface area (Å²) >= 11 is 0. The van der Waals surface area contributed by atoms with Crippen LogP contribution < -0.4 is 14.8 Å². The first-order chi connectivity index (χ1) is 15.1. The summed E-state index contributed by atoms with van der Waals surface area (Å²) in [6, 6.07) is 12.9. The number of hydrogen-bond acceptors (Lipinski definition) is 5. The van der Waals surface area contributed by atoms with Gasteiger partial charge in [0.2, 0.25) is 6.79 Å². The van der Waals surface area contributed by atoms with Crippen LogP contribution in [0.3, 0.4) is 0 Å². The highest BCUT2D eigenvalue weighted by molar-refractivity contribution is 6.21. The first-order valence-electron chi connectivity index (χ1n) is 10.3. The third-order valence-corrected chi connectivity index (χ3v) is 5.40. The summed E-state index contributed by atoms with van der Waals surface area (Å²) in [6.45, 7) is 2.05. The highest BCUT2D eigenvalue weighted by Crippen LogP contribution is 2.32. The molecule has 0 saturated heterocycles. The maximum atomic E-state index is 12.4. The van der Waals surface area contributed by atoms with Gasteiger partial charge in [-0.1, -0.05) is 18.2 Å². The molecular weight excluding hydrogens is 396 g/mol. The molecule has 162 valence electrons. The second kappa shape index (κ2) is 9.07. The fraction of sp³-hybridized carbons (Fsp3) is 0.348. The van der Waals surface area contributed by atoms with Crippen LogP contribution in [0.15, 0.2) is 47.5 Å². The van der Waals surface area contributed by atoms with Crippen molar-refractivity contribution in [1.82, 2.24) is 15.1 Å². The Morgan fingerprint density at radius 2 is 1.77 bits per heavy atom. The Morgan fingerprint density at radius 1 is 1.06 bits per heavy atom. The summed E-state index contributed by atoms with van der Waals surface area (Å²) in [4.78, 5) is 32.5. The molecule has 8 nitrogen and oxygen atoms in total. The maximum absolute atomic E-state index is 12.4. The van der Waals surface area contributed by atoms with Gasteiger partial charge in [0, 0.05) is 33.7 Å². The molecule has 0 spiro atoms. The molecule has 0 aliphatic carbocycles. The van der Waals surface area contributed by atoms with Gasteiger partial charge in [0.15, 0.2) is 17.5 Å². The topological polar surface area (TPSA) is 83.5 Å². The SMILES string of the molecule is CN=C(NCCCCN1C(=O)c2ccccc2C1=O)N(C)Cc1ccc2c(c1)OCO2. The predicted octanol–water partition coefficient (Wildman–Crippen LogP) is 2.50. The van der Waals surface area contributed by atoms with E-state index in [2.05, 4.69) is 10.3 Å². The van der Waals surface area contributed by atoms with Gasteiger partial charge < -0.3 is 19.7 Å². The van der Waals surface area contributed by atoms with Gasteiger partial charge in [-0.3, -0.25) is 19.5 Å². The van der Waals surface area contributed by atoms with E-state index < -0.39 is 0 Å². The van der Waals surface area contributed by atoms with E-state index in [9.17, 15) is 9.59 Å². The second-order valence-corrected chi connectivity index (χ2v) is 7.53. The molecule has 0 saturated carbocycles. The van der Waals surface area contributed by atoms with Crippen LogP contribution in [-0.4, -0.2) is 61.6 Å². The van der Waals surface area contributed by atoms with Crippen molar-refractivity contribution >= 4 is 17.8 Å². The molecular formula is C23H26N4O4. The maximum Gasteiger partial charge on any atom is 0.261 e. The standard InChI is InChI=1S/C23H26N4O4/c1-24-23(26(2)14-16-9-10-19-20(13-16)31-15-30-19)25-11-5-6-12-27-21(28)17-7-3-4-8-18(17)22(27)29/h3-4,7-10,13H,5-6,11-12,14-15H2,1-2H3,(H,24,25). The number of fused-ring (bicyclic) bond motifs is 2. The number of rotatable bonds is 7. The van der Waals surface area contributed by atoms with Gasteiger partial charge in [0.1, 0.15) is 0 Å². The number of nitrogens with one attached hydrogen (secondary N) is 1. The number of imide groups is 1. The summed E-state index contributed by atoms with van der Waals surface area (Å²) in [5, 5.41) is 3.34. The van der Waals surface area contributed by atoms with E-state index >= 15 is 0 Å². The highest BCUT2D eigenvalue weighted by atomic mass is 16.7. The number of aliphatic imine (C=N–C) groups is 1. The van der Waals surface area contributed by atoms with E-state index in [1.807, 2.05) is 30.1 Å². The third kappa shape index (κ3) is 4.33. The molecule has 2 aliphatic rings. The van der Waals surface area contributed by atoms with Crippen LogP contribution in [0.2, 0.25) is 0 Å². The third-order valence-electron chi connectivity index (χ3n) is 5.40. The number of carbonyl (C=O) groups excluding carboxylic acids is 2. The molecule has 0 bridgehead atoms. The van der Waals surface area contributed by atoms with Crippen molar-refractivity contribution in [2.24, 2.45) is 4.99 Å². The fourth-order valence-corrected chi connectivity index (χ4v) is 3.81. The van der Waals surface area contributed by atoms with Gasteiger partial charge in [-0.25, -0.2) is 0 Å². The molecule has 2 aliphatic heterocycles. The van der Waals surface area contributed by atoms with Gasteiger partial charge >= 0.3 is 0 Å². The van der Waals surface area contributed by atoms with Gasteiger partial charge in [0.05, 0.1) is 11.1 Å². The normalized spacial score (nSPS) is 14.8. The lowest BCUT2D eigenvalue weighted by Crippen LogP contribution is -2.39. The number of nitrogens with zero attached hydrogens (tertiary/aromatic N) is 3.